The summed E-state index contributed by atoms with van der Waals surface area (Å²) in [4.78, 5) is 12.0. The van der Waals surface area contributed by atoms with E-state index in [-0.39, 0.29) is 23.9 Å². The first-order chi connectivity index (χ1) is 9.94. The van der Waals surface area contributed by atoms with Gasteiger partial charge in [-0.05, 0) is 18.8 Å². The summed E-state index contributed by atoms with van der Waals surface area (Å²) in [6, 6.07) is 0.223. The zero-order chi connectivity index (χ0) is 15.3. The second-order valence-corrected chi connectivity index (χ2v) is 8.85. The lowest BCUT2D eigenvalue weighted by atomic mass is 10.0. The molecule has 0 spiro atoms. The maximum absolute atomic E-state index is 12.0. The average molecular weight is 335 g/mol. The predicted molar refractivity (Wildman–Crippen MR) is 85.9 cm³/mol. The highest BCUT2D eigenvalue weighted by Crippen LogP contribution is 2.25. The van der Waals surface area contributed by atoms with Gasteiger partial charge in [0.2, 0.25) is 15.9 Å². The molecule has 3 atom stereocenters. The quantitative estimate of drug-likeness (QED) is 0.632. The van der Waals surface area contributed by atoms with Crippen molar-refractivity contribution >= 4 is 27.7 Å². The topological polar surface area (TPSA) is 87.3 Å². The molecule has 2 rings (SSSR count). The number of thioether (sulfide) groups is 1. The highest BCUT2D eigenvalue weighted by Gasteiger charge is 2.29. The summed E-state index contributed by atoms with van der Waals surface area (Å²) >= 11 is 1.88. The Morgan fingerprint density at radius 3 is 2.86 bits per heavy atom. The van der Waals surface area contributed by atoms with Crippen molar-refractivity contribution in [1.29, 1.82) is 0 Å². The van der Waals surface area contributed by atoms with E-state index in [1.165, 1.54) is 6.26 Å². The third-order valence-electron chi connectivity index (χ3n) is 4.02. The van der Waals surface area contributed by atoms with Crippen LogP contribution in [0.5, 0.6) is 0 Å². The Morgan fingerprint density at radius 1 is 1.38 bits per heavy atom. The molecule has 0 aromatic carbocycles. The van der Waals surface area contributed by atoms with Gasteiger partial charge in [-0.3, -0.25) is 4.79 Å². The normalized spacial score (nSPS) is 30.2. The number of carbonyl (C=O) groups excluding carboxylic acids is 1. The molecule has 21 heavy (non-hydrogen) atoms. The van der Waals surface area contributed by atoms with Gasteiger partial charge in [0.15, 0.2) is 0 Å². The van der Waals surface area contributed by atoms with Crippen LogP contribution in [0.25, 0.3) is 0 Å². The third-order valence-corrected chi connectivity index (χ3v) is 5.88. The van der Waals surface area contributed by atoms with Crippen LogP contribution in [0.1, 0.15) is 25.7 Å². The van der Waals surface area contributed by atoms with Gasteiger partial charge in [0, 0.05) is 43.1 Å². The number of carbonyl (C=O) groups is 1. The van der Waals surface area contributed by atoms with E-state index < -0.39 is 10.0 Å². The van der Waals surface area contributed by atoms with E-state index in [4.69, 9.17) is 0 Å². The molecular weight excluding hydrogens is 310 g/mol. The summed E-state index contributed by atoms with van der Waals surface area (Å²) in [5.74, 6) is 2.35. The Hall–Kier alpha value is -0.310. The molecule has 122 valence electrons. The minimum atomic E-state index is -3.18. The lowest BCUT2D eigenvalue weighted by Gasteiger charge is -2.24. The molecule has 0 radical (unpaired) electrons. The smallest absolute Gasteiger partial charge is 0.221 e. The van der Waals surface area contributed by atoms with E-state index in [1.54, 1.807) is 0 Å². The highest BCUT2D eigenvalue weighted by atomic mass is 32.2. The Kier molecular flexibility index (Phi) is 6.34. The number of amides is 1. The average Bonchev–Trinajstić information content (AvgIpc) is 2.82. The first-order valence-corrected chi connectivity index (χ1v) is 10.5. The Bertz CT molecular complexity index is 450. The van der Waals surface area contributed by atoms with Gasteiger partial charge in [-0.1, -0.05) is 6.42 Å². The maximum Gasteiger partial charge on any atom is 0.221 e. The van der Waals surface area contributed by atoms with Crippen molar-refractivity contribution in [2.24, 2.45) is 5.92 Å². The fraction of sp³-hybridized carbons (Fsp3) is 0.923. The Labute approximate surface area is 131 Å². The van der Waals surface area contributed by atoms with Crippen LogP contribution in [0.15, 0.2) is 0 Å². The lowest BCUT2D eigenvalue weighted by molar-refractivity contribution is -0.121. The molecule has 3 unspecified atom stereocenters. The largest absolute Gasteiger partial charge is 0.356 e. The van der Waals surface area contributed by atoms with Crippen molar-refractivity contribution in [3.63, 3.8) is 0 Å². The number of sulfonamides is 1. The van der Waals surface area contributed by atoms with Gasteiger partial charge in [-0.2, -0.15) is 11.8 Å². The minimum absolute atomic E-state index is 0.0383. The fourth-order valence-electron chi connectivity index (χ4n) is 3.00. The number of hydrogen-bond donors (Lipinski definition) is 3. The van der Waals surface area contributed by atoms with Crippen LogP contribution in [0.2, 0.25) is 0 Å². The Balaban J connectivity index is 1.72. The van der Waals surface area contributed by atoms with Crippen molar-refractivity contribution in [1.82, 2.24) is 15.4 Å². The number of hydrogen-bond acceptors (Lipinski definition) is 5. The molecule has 2 aliphatic rings. The van der Waals surface area contributed by atoms with Crippen molar-refractivity contribution < 1.29 is 13.2 Å². The van der Waals surface area contributed by atoms with Crippen molar-refractivity contribution in [3.05, 3.63) is 0 Å². The monoisotopic (exact) mass is 335 g/mol. The molecule has 1 aliphatic carbocycles. The van der Waals surface area contributed by atoms with Crippen LogP contribution in [-0.2, 0) is 14.8 Å². The van der Waals surface area contributed by atoms with Gasteiger partial charge in [-0.15, -0.1) is 0 Å². The van der Waals surface area contributed by atoms with Gasteiger partial charge in [-0.25, -0.2) is 13.1 Å². The van der Waals surface area contributed by atoms with Gasteiger partial charge >= 0.3 is 0 Å². The first-order valence-electron chi connectivity index (χ1n) is 7.49. The standard InChI is InChI=1S/C13H25N3O3S2/c1-21(18,19)16-12-4-2-3-10(12)8-15-13(17)7-11-9-20-6-5-14-11/h10-12,14,16H,2-9H2,1H3,(H,15,17). The lowest BCUT2D eigenvalue weighted by Crippen LogP contribution is -2.44. The summed E-state index contributed by atoms with van der Waals surface area (Å²) in [6.07, 6.45) is 4.52. The molecule has 1 aliphatic heterocycles. The van der Waals surface area contributed by atoms with Crippen molar-refractivity contribution in [2.75, 3.05) is 30.9 Å². The molecule has 0 aromatic rings. The molecule has 2 fully saturated rings. The molecule has 1 heterocycles. The van der Waals surface area contributed by atoms with Gasteiger partial charge < -0.3 is 10.6 Å². The van der Waals surface area contributed by atoms with Crippen molar-refractivity contribution in [2.45, 2.75) is 37.8 Å². The molecule has 1 amide bonds. The molecule has 0 bridgehead atoms. The van der Waals surface area contributed by atoms with E-state index in [0.29, 0.717) is 13.0 Å². The SMILES string of the molecule is CS(=O)(=O)NC1CCCC1CNC(=O)CC1CSCCN1. The molecule has 3 N–H and O–H groups in total. The maximum atomic E-state index is 12.0. The van der Waals surface area contributed by atoms with Gasteiger partial charge in [0.25, 0.3) is 0 Å². The zero-order valence-corrected chi connectivity index (χ0v) is 14.1. The predicted octanol–water partition coefficient (Wildman–Crippen LogP) is -0.0844. The van der Waals surface area contributed by atoms with E-state index in [2.05, 4.69) is 15.4 Å². The van der Waals surface area contributed by atoms with Crippen LogP contribution in [0.4, 0.5) is 0 Å². The second kappa shape index (κ2) is 7.80. The summed E-state index contributed by atoms with van der Waals surface area (Å²) in [6.45, 7) is 1.53. The Morgan fingerprint density at radius 2 is 2.19 bits per heavy atom. The number of rotatable bonds is 6. The van der Waals surface area contributed by atoms with E-state index in [9.17, 15) is 13.2 Å². The molecule has 8 heteroatoms. The summed E-state index contributed by atoms with van der Waals surface area (Å²) in [5.41, 5.74) is 0. The first kappa shape index (κ1) is 17.1. The van der Waals surface area contributed by atoms with Crippen LogP contribution in [0, 0.1) is 5.92 Å². The van der Waals surface area contributed by atoms with E-state index in [1.807, 2.05) is 11.8 Å². The molecular formula is C13H25N3O3S2. The molecule has 0 aromatic heterocycles. The molecule has 1 saturated carbocycles. The zero-order valence-electron chi connectivity index (χ0n) is 12.4. The highest BCUT2D eigenvalue weighted by molar-refractivity contribution is 7.99. The second-order valence-electron chi connectivity index (χ2n) is 5.92. The minimum Gasteiger partial charge on any atom is -0.356 e. The van der Waals surface area contributed by atoms with Crippen LogP contribution < -0.4 is 15.4 Å². The summed E-state index contributed by atoms with van der Waals surface area (Å²) in [5, 5.41) is 6.31. The molecule has 6 nitrogen and oxygen atoms in total. The van der Waals surface area contributed by atoms with Gasteiger partial charge in [0.1, 0.15) is 0 Å². The fourth-order valence-corrected chi connectivity index (χ4v) is 4.81. The van der Waals surface area contributed by atoms with Crippen LogP contribution in [-0.4, -0.2) is 57.3 Å². The third kappa shape index (κ3) is 6.14. The van der Waals surface area contributed by atoms with E-state index >= 15 is 0 Å². The van der Waals surface area contributed by atoms with E-state index in [0.717, 1.165) is 37.3 Å². The van der Waals surface area contributed by atoms with Crippen LogP contribution >= 0.6 is 11.8 Å². The van der Waals surface area contributed by atoms with Crippen LogP contribution in [0.3, 0.4) is 0 Å². The summed E-state index contributed by atoms with van der Waals surface area (Å²) < 4.78 is 25.3. The van der Waals surface area contributed by atoms with Crippen molar-refractivity contribution in [3.8, 4) is 0 Å². The van der Waals surface area contributed by atoms with Gasteiger partial charge in [0.05, 0.1) is 6.26 Å². The number of nitrogens with one attached hydrogen (secondary N) is 3. The molecule has 1 saturated heterocycles. The summed E-state index contributed by atoms with van der Waals surface area (Å²) in [7, 11) is -3.18.